The van der Waals surface area contributed by atoms with E-state index in [9.17, 15) is 26.8 Å². The van der Waals surface area contributed by atoms with Gasteiger partial charge in [-0.1, -0.05) is 18.3 Å². The largest absolute Gasteiger partial charge is 0.468 e. The fourth-order valence-corrected chi connectivity index (χ4v) is 4.63. The van der Waals surface area contributed by atoms with Crippen molar-refractivity contribution < 1.29 is 31.5 Å². The zero-order valence-electron chi connectivity index (χ0n) is 15.9. The van der Waals surface area contributed by atoms with Gasteiger partial charge in [-0.25, -0.2) is 17.2 Å². The Bertz CT molecular complexity index is 1310. The summed E-state index contributed by atoms with van der Waals surface area (Å²) in [6.07, 6.45) is 0. The summed E-state index contributed by atoms with van der Waals surface area (Å²) in [6.45, 7) is 1.08. The normalized spacial score (nSPS) is 12.3. The minimum atomic E-state index is -3.42. The van der Waals surface area contributed by atoms with E-state index >= 15 is 0 Å². The number of thiazole rings is 1. The number of hydrogen-bond donors (Lipinski definition) is 0. The predicted molar refractivity (Wildman–Crippen MR) is 106 cm³/mol. The SMILES string of the molecule is CCS(=O)(=O)c1ccc(C(=O)N=c2sc3cc(F)cc(F)c3n2CC(=O)OC)cc1. The van der Waals surface area contributed by atoms with Crippen LogP contribution in [-0.2, 0) is 25.9 Å². The van der Waals surface area contributed by atoms with E-state index in [2.05, 4.69) is 9.73 Å². The summed E-state index contributed by atoms with van der Waals surface area (Å²) < 4.78 is 57.6. The number of methoxy groups -OCH3 is 1. The van der Waals surface area contributed by atoms with Crippen molar-refractivity contribution in [3.05, 3.63) is 58.4 Å². The first kappa shape index (κ1) is 21.8. The molecule has 0 atom stereocenters. The van der Waals surface area contributed by atoms with Crippen LogP contribution in [0.15, 0.2) is 46.3 Å². The topological polar surface area (TPSA) is 94.8 Å². The molecule has 0 saturated heterocycles. The number of aromatic nitrogens is 1. The maximum atomic E-state index is 14.3. The Morgan fingerprint density at radius 1 is 1.17 bits per heavy atom. The molecule has 0 aliphatic heterocycles. The van der Waals surface area contributed by atoms with Crippen molar-refractivity contribution in [2.75, 3.05) is 12.9 Å². The number of rotatable bonds is 5. The summed E-state index contributed by atoms with van der Waals surface area (Å²) >= 11 is 0.831. The third-order valence-corrected chi connectivity index (χ3v) is 7.02. The van der Waals surface area contributed by atoms with Crippen LogP contribution in [-0.4, -0.2) is 37.7 Å². The average Bonchev–Trinajstić information content (AvgIpc) is 3.04. The molecule has 1 aromatic heterocycles. The Morgan fingerprint density at radius 2 is 1.83 bits per heavy atom. The molecule has 0 N–H and O–H groups in total. The molecule has 0 fully saturated rings. The second kappa shape index (κ2) is 8.44. The van der Waals surface area contributed by atoms with Crippen LogP contribution in [0.1, 0.15) is 17.3 Å². The first-order valence-corrected chi connectivity index (χ1v) is 11.1. The number of amides is 1. The lowest BCUT2D eigenvalue weighted by atomic mass is 10.2. The summed E-state index contributed by atoms with van der Waals surface area (Å²) in [4.78, 5) is 28.3. The molecule has 0 radical (unpaired) electrons. The van der Waals surface area contributed by atoms with Crippen molar-refractivity contribution in [2.45, 2.75) is 18.4 Å². The molecular weight excluding hydrogens is 438 g/mol. The molecule has 0 saturated carbocycles. The van der Waals surface area contributed by atoms with Gasteiger partial charge in [0.2, 0.25) is 0 Å². The van der Waals surface area contributed by atoms with Gasteiger partial charge < -0.3 is 9.30 Å². The van der Waals surface area contributed by atoms with Gasteiger partial charge in [0, 0.05) is 11.6 Å². The Morgan fingerprint density at radius 3 is 2.43 bits per heavy atom. The third-order valence-electron chi connectivity index (χ3n) is 4.25. The molecule has 11 heteroatoms. The number of sulfone groups is 1. The molecule has 158 valence electrons. The lowest BCUT2D eigenvalue weighted by Gasteiger charge is -2.05. The maximum Gasteiger partial charge on any atom is 0.325 e. The average molecular weight is 454 g/mol. The summed E-state index contributed by atoms with van der Waals surface area (Å²) in [6, 6.07) is 6.96. The van der Waals surface area contributed by atoms with Crippen LogP contribution >= 0.6 is 11.3 Å². The number of carbonyl (C=O) groups is 2. The van der Waals surface area contributed by atoms with Gasteiger partial charge in [0.25, 0.3) is 5.91 Å². The van der Waals surface area contributed by atoms with Gasteiger partial charge in [0.1, 0.15) is 12.4 Å². The second-order valence-electron chi connectivity index (χ2n) is 6.13. The summed E-state index contributed by atoms with van der Waals surface area (Å²) in [5, 5.41) is 0. The maximum absolute atomic E-state index is 14.3. The zero-order chi connectivity index (χ0) is 22.1. The molecule has 0 aliphatic rings. The van der Waals surface area contributed by atoms with Crippen LogP contribution in [0.3, 0.4) is 0 Å². The molecule has 0 spiro atoms. The third kappa shape index (κ3) is 4.31. The van der Waals surface area contributed by atoms with Gasteiger partial charge in [-0.2, -0.15) is 4.99 Å². The van der Waals surface area contributed by atoms with Crippen molar-refractivity contribution >= 4 is 43.3 Å². The van der Waals surface area contributed by atoms with E-state index in [1.54, 1.807) is 0 Å². The minimum Gasteiger partial charge on any atom is -0.468 e. The molecule has 3 aromatic rings. The molecule has 2 aromatic carbocycles. The number of esters is 1. The van der Waals surface area contributed by atoms with Gasteiger partial charge in [-0.05, 0) is 30.3 Å². The number of fused-ring (bicyclic) bond motifs is 1. The predicted octanol–water partition coefficient (Wildman–Crippen LogP) is 2.69. The van der Waals surface area contributed by atoms with E-state index in [4.69, 9.17) is 0 Å². The van der Waals surface area contributed by atoms with Gasteiger partial charge in [0.15, 0.2) is 20.5 Å². The smallest absolute Gasteiger partial charge is 0.325 e. The molecule has 1 amide bonds. The number of benzene rings is 2. The Labute approximate surface area is 174 Å². The number of halogens is 2. The first-order valence-electron chi connectivity index (χ1n) is 8.63. The number of carbonyl (C=O) groups excluding carboxylic acids is 2. The standard InChI is InChI=1S/C19H16F2N2O5S2/c1-3-30(26,27)13-6-4-11(5-7-13)18(25)22-19-23(10-16(24)28-2)17-14(21)8-12(20)9-15(17)29-19/h4-9H,3,10H2,1-2H3. The Balaban J connectivity index is 2.10. The summed E-state index contributed by atoms with van der Waals surface area (Å²) in [7, 11) is -2.27. The fraction of sp³-hybridized carbons (Fsp3) is 0.211. The summed E-state index contributed by atoms with van der Waals surface area (Å²) in [5.41, 5.74) is 0.0153. The number of nitrogens with zero attached hydrogens (tertiary/aromatic N) is 2. The zero-order valence-corrected chi connectivity index (χ0v) is 17.5. The lowest BCUT2D eigenvalue weighted by molar-refractivity contribution is -0.141. The van der Waals surface area contributed by atoms with E-state index in [0.29, 0.717) is 6.07 Å². The molecular formula is C19H16F2N2O5S2. The van der Waals surface area contributed by atoms with E-state index in [1.807, 2.05) is 0 Å². The van der Waals surface area contributed by atoms with Crippen molar-refractivity contribution in [3.8, 4) is 0 Å². The Kier molecular flexibility index (Phi) is 6.13. The molecule has 0 bridgehead atoms. The second-order valence-corrected chi connectivity index (χ2v) is 9.41. The highest BCUT2D eigenvalue weighted by Gasteiger charge is 2.17. The molecule has 1 heterocycles. The van der Waals surface area contributed by atoms with E-state index < -0.39 is 39.9 Å². The van der Waals surface area contributed by atoms with Crippen molar-refractivity contribution in [1.82, 2.24) is 4.57 Å². The van der Waals surface area contributed by atoms with E-state index in [-0.39, 0.29) is 31.2 Å². The molecule has 0 unspecified atom stereocenters. The lowest BCUT2D eigenvalue weighted by Crippen LogP contribution is -2.23. The molecule has 3 rings (SSSR count). The first-order chi connectivity index (χ1) is 14.2. The van der Waals surface area contributed by atoms with Gasteiger partial charge in [-0.15, -0.1) is 0 Å². The van der Waals surface area contributed by atoms with Crippen molar-refractivity contribution in [2.24, 2.45) is 4.99 Å². The molecule has 7 nitrogen and oxygen atoms in total. The van der Waals surface area contributed by atoms with Crippen LogP contribution in [0.4, 0.5) is 8.78 Å². The number of hydrogen-bond acceptors (Lipinski definition) is 6. The van der Waals surface area contributed by atoms with Gasteiger partial charge in [0.05, 0.1) is 28.0 Å². The van der Waals surface area contributed by atoms with E-state index in [0.717, 1.165) is 29.1 Å². The van der Waals surface area contributed by atoms with Crippen LogP contribution in [0.25, 0.3) is 10.2 Å². The fourth-order valence-electron chi connectivity index (χ4n) is 2.68. The van der Waals surface area contributed by atoms with Crippen LogP contribution in [0.5, 0.6) is 0 Å². The minimum absolute atomic E-state index is 0.0323. The van der Waals surface area contributed by atoms with Crippen LogP contribution < -0.4 is 4.80 Å². The monoisotopic (exact) mass is 454 g/mol. The quantitative estimate of drug-likeness (QED) is 0.553. The molecule has 30 heavy (non-hydrogen) atoms. The van der Waals surface area contributed by atoms with Gasteiger partial charge >= 0.3 is 5.97 Å². The highest BCUT2D eigenvalue weighted by molar-refractivity contribution is 7.91. The van der Waals surface area contributed by atoms with Crippen LogP contribution in [0, 0.1) is 11.6 Å². The Hall–Kier alpha value is -2.92. The highest BCUT2D eigenvalue weighted by atomic mass is 32.2. The van der Waals surface area contributed by atoms with Gasteiger partial charge in [-0.3, -0.25) is 9.59 Å². The molecule has 0 aliphatic carbocycles. The van der Waals surface area contributed by atoms with E-state index in [1.165, 1.54) is 31.2 Å². The number of ether oxygens (including phenoxy) is 1. The van der Waals surface area contributed by atoms with Crippen molar-refractivity contribution in [1.29, 1.82) is 0 Å². The summed E-state index contributed by atoms with van der Waals surface area (Å²) in [5.74, 6) is -3.24. The van der Waals surface area contributed by atoms with Crippen molar-refractivity contribution in [3.63, 3.8) is 0 Å². The highest BCUT2D eigenvalue weighted by Crippen LogP contribution is 2.22. The van der Waals surface area contributed by atoms with Crippen LogP contribution in [0.2, 0.25) is 0 Å².